The molecule has 3 aromatic carbocycles. The van der Waals surface area contributed by atoms with E-state index in [1.54, 1.807) is 0 Å². The van der Waals surface area contributed by atoms with Gasteiger partial charge in [0.2, 0.25) is 0 Å². The second-order valence-electron chi connectivity index (χ2n) is 11.9. The number of aliphatic hydroxyl groups is 2. The molecule has 0 aromatic heterocycles. The van der Waals surface area contributed by atoms with Gasteiger partial charge in [-0.3, -0.25) is 9.59 Å². The smallest absolute Gasteiger partial charge is 0.303 e. The van der Waals surface area contributed by atoms with E-state index in [4.69, 9.17) is 25.8 Å². The van der Waals surface area contributed by atoms with E-state index in [2.05, 4.69) is 10.2 Å². The van der Waals surface area contributed by atoms with Gasteiger partial charge in [0.25, 0.3) is 5.91 Å². The lowest BCUT2D eigenvalue weighted by molar-refractivity contribution is -0.253. The van der Waals surface area contributed by atoms with E-state index < -0.39 is 24.0 Å². The van der Waals surface area contributed by atoms with Crippen molar-refractivity contribution >= 4 is 23.5 Å². The number of halogens is 1. The molecular weight excluding hydrogens is 596 g/mol. The average Bonchev–Trinajstić information content (AvgIpc) is 3.05. The van der Waals surface area contributed by atoms with Crippen molar-refractivity contribution in [3.63, 3.8) is 0 Å². The van der Waals surface area contributed by atoms with Crippen molar-refractivity contribution < 1.29 is 34.0 Å². The summed E-state index contributed by atoms with van der Waals surface area (Å²) in [6.45, 7) is 5.24. The van der Waals surface area contributed by atoms with E-state index in [1.807, 2.05) is 72.8 Å². The first-order chi connectivity index (χ1) is 21.6. The second kappa shape index (κ2) is 14.9. The van der Waals surface area contributed by atoms with E-state index >= 15 is 0 Å². The summed E-state index contributed by atoms with van der Waals surface area (Å²) in [6.07, 6.45) is 0.105. The Morgan fingerprint density at radius 1 is 0.978 bits per heavy atom. The maximum Gasteiger partial charge on any atom is 0.303 e. The zero-order valence-corrected chi connectivity index (χ0v) is 26.4. The Morgan fingerprint density at radius 3 is 2.22 bits per heavy atom. The number of carbonyl (C=O) groups excluding carboxylic acids is 2. The van der Waals surface area contributed by atoms with Crippen LogP contribution < -0.4 is 5.32 Å². The summed E-state index contributed by atoms with van der Waals surface area (Å²) in [5.74, 6) is -0.870. The number of benzene rings is 3. The van der Waals surface area contributed by atoms with Crippen molar-refractivity contribution in [2.24, 2.45) is 0 Å². The normalized spacial score (nSPS) is 22.4. The Bertz CT molecular complexity index is 1420. The van der Waals surface area contributed by atoms with Gasteiger partial charge in [0.1, 0.15) is 0 Å². The van der Waals surface area contributed by atoms with Gasteiger partial charge in [-0.1, -0.05) is 72.3 Å². The van der Waals surface area contributed by atoms with Crippen molar-refractivity contribution in [1.29, 1.82) is 0 Å². The van der Waals surface area contributed by atoms with E-state index in [0.29, 0.717) is 30.8 Å². The topological polar surface area (TPSA) is 118 Å². The number of nitrogens with zero attached hydrogens (tertiary/aromatic N) is 1. The Morgan fingerprint density at radius 2 is 1.60 bits per heavy atom. The molecule has 2 aliphatic heterocycles. The quantitative estimate of drug-likeness (QED) is 0.268. The van der Waals surface area contributed by atoms with Gasteiger partial charge in [0.05, 0.1) is 24.4 Å². The number of carbonyl (C=O) groups is 2. The number of likely N-dealkylation sites (tertiary alicyclic amines) is 1. The molecule has 2 aliphatic rings. The molecule has 1 amide bonds. The molecule has 45 heavy (non-hydrogen) atoms. The van der Waals surface area contributed by atoms with Crippen molar-refractivity contribution in [1.82, 2.24) is 10.2 Å². The molecule has 2 fully saturated rings. The van der Waals surface area contributed by atoms with Crippen LogP contribution >= 0.6 is 11.6 Å². The minimum atomic E-state index is -0.878. The second-order valence-corrected chi connectivity index (χ2v) is 12.3. The van der Waals surface area contributed by atoms with E-state index in [9.17, 15) is 19.8 Å². The van der Waals surface area contributed by atoms with Crippen LogP contribution in [0.2, 0.25) is 5.02 Å². The van der Waals surface area contributed by atoms with Gasteiger partial charge in [-0.05, 0) is 54.2 Å². The minimum Gasteiger partial charge on any atom is -0.453 e. The summed E-state index contributed by atoms with van der Waals surface area (Å²) < 4.78 is 18.0. The fourth-order valence-electron chi connectivity index (χ4n) is 5.90. The zero-order valence-electron chi connectivity index (χ0n) is 25.7. The van der Waals surface area contributed by atoms with Crippen LogP contribution in [0.5, 0.6) is 0 Å². The minimum absolute atomic E-state index is 0.0209. The number of esters is 1. The van der Waals surface area contributed by atoms with Gasteiger partial charge in [-0.25, -0.2) is 0 Å². The highest BCUT2D eigenvalue weighted by Gasteiger charge is 2.37. The fraction of sp³-hybridized carbons (Fsp3) is 0.429. The molecule has 0 radical (unpaired) electrons. The Hall–Kier alpha value is -3.31. The Balaban J connectivity index is 1.24. The Kier molecular flexibility index (Phi) is 10.9. The standard InChI is InChI=1S/C35H41ClN2O7/c1-23(43-24(2)40)33(41)37-20-25-3-9-28(10-4-25)34-44-31(19-32(45-34)27-7-5-26(22-39)6-8-27)21-38-17-15-35(42,16-18-38)29-11-13-30(36)14-12-29/h3-14,23,31-32,34,39,42H,15-22H2,1-2H3,(H,37,41)/t23-,31-,32+,34?/m0/s1. The highest BCUT2D eigenvalue weighted by molar-refractivity contribution is 6.30. The van der Waals surface area contributed by atoms with Gasteiger partial charge in [0.15, 0.2) is 12.4 Å². The molecule has 1 unspecified atom stereocenters. The van der Waals surface area contributed by atoms with Crippen molar-refractivity contribution in [2.75, 3.05) is 19.6 Å². The summed E-state index contributed by atoms with van der Waals surface area (Å²) >= 11 is 6.06. The van der Waals surface area contributed by atoms with E-state index in [0.717, 1.165) is 40.9 Å². The number of amides is 1. The largest absolute Gasteiger partial charge is 0.453 e. The number of rotatable bonds is 10. The van der Waals surface area contributed by atoms with Crippen LogP contribution in [-0.4, -0.2) is 58.8 Å². The summed E-state index contributed by atoms with van der Waals surface area (Å²) in [7, 11) is 0. The summed E-state index contributed by atoms with van der Waals surface area (Å²) in [4.78, 5) is 25.7. The number of nitrogens with one attached hydrogen (secondary N) is 1. The lowest BCUT2D eigenvalue weighted by Gasteiger charge is -2.42. The van der Waals surface area contributed by atoms with Gasteiger partial charge < -0.3 is 34.6 Å². The maximum atomic E-state index is 12.2. The first-order valence-electron chi connectivity index (χ1n) is 15.4. The third-order valence-electron chi connectivity index (χ3n) is 8.57. The number of piperidine rings is 1. The third-order valence-corrected chi connectivity index (χ3v) is 8.82. The molecule has 0 saturated carbocycles. The number of aliphatic hydroxyl groups excluding tert-OH is 1. The SMILES string of the molecule is CC(=O)O[C@@H](C)C(=O)NCc1ccc(C2O[C@H](CN3CCC(O)(c4ccc(Cl)cc4)CC3)C[C@H](c3ccc(CO)cc3)O2)cc1. The first kappa shape index (κ1) is 33.1. The summed E-state index contributed by atoms with van der Waals surface area (Å²) in [5, 5.41) is 24.3. The zero-order chi connectivity index (χ0) is 32.0. The van der Waals surface area contributed by atoms with Crippen LogP contribution in [0.15, 0.2) is 72.8 Å². The fourth-order valence-corrected chi connectivity index (χ4v) is 6.03. The molecule has 9 nitrogen and oxygen atoms in total. The summed E-state index contributed by atoms with van der Waals surface area (Å²) in [6, 6.07) is 22.9. The lowest BCUT2D eigenvalue weighted by Crippen LogP contribution is -2.46. The highest BCUT2D eigenvalue weighted by Crippen LogP contribution is 2.39. The van der Waals surface area contributed by atoms with Crippen molar-refractivity contribution in [3.8, 4) is 0 Å². The van der Waals surface area contributed by atoms with Crippen LogP contribution in [0.25, 0.3) is 0 Å². The lowest BCUT2D eigenvalue weighted by atomic mass is 9.84. The molecule has 3 aromatic rings. The molecular formula is C35H41ClN2O7. The molecule has 240 valence electrons. The molecule has 3 N–H and O–H groups in total. The third kappa shape index (κ3) is 8.70. The van der Waals surface area contributed by atoms with Crippen LogP contribution in [0, 0.1) is 0 Å². The van der Waals surface area contributed by atoms with E-state index in [1.165, 1.54) is 13.8 Å². The molecule has 4 atom stereocenters. The van der Waals surface area contributed by atoms with Gasteiger partial charge in [0, 0.05) is 50.1 Å². The molecule has 0 spiro atoms. The van der Waals surface area contributed by atoms with Crippen molar-refractivity contribution in [2.45, 2.75) is 76.5 Å². The maximum absolute atomic E-state index is 12.2. The van der Waals surface area contributed by atoms with Crippen LogP contribution in [0.3, 0.4) is 0 Å². The molecule has 2 saturated heterocycles. The number of hydrogen-bond acceptors (Lipinski definition) is 8. The highest BCUT2D eigenvalue weighted by atomic mass is 35.5. The molecule has 0 aliphatic carbocycles. The molecule has 0 bridgehead atoms. The van der Waals surface area contributed by atoms with Gasteiger partial charge >= 0.3 is 5.97 Å². The molecule has 2 heterocycles. The van der Waals surface area contributed by atoms with Crippen LogP contribution in [0.4, 0.5) is 0 Å². The number of hydrogen-bond donors (Lipinski definition) is 3. The predicted molar refractivity (Wildman–Crippen MR) is 169 cm³/mol. The monoisotopic (exact) mass is 636 g/mol. The molecule has 5 rings (SSSR count). The number of ether oxygens (including phenoxy) is 3. The van der Waals surface area contributed by atoms with E-state index in [-0.39, 0.29) is 31.3 Å². The van der Waals surface area contributed by atoms with Crippen LogP contribution in [0.1, 0.15) is 73.3 Å². The van der Waals surface area contributed by atoms with Crippen LogP contribution in [-0.2, 0) is 42.6 Å². The van der Waals surface area contributed by atoms with Crippen molar-refractivity contribution in [3.05, 3.63) is 106 Å². The predicted octanol–water partition coefficient (Wildman–Crippen LogP) is 4.93. The van der Waals surface area contributed by atoms with Gasteiger partial charge in [-0.2, -0.15) is 0 Å². The summed E-state index contributed by atoms with van der Waals surface area (Å²) in [5.41, 5.74) is 3.61. The average molecular weight is 637 g/mol. The molecule has 10 heteroatoms. The Labute approximate surface area is 269 Å². The first-order valence-corrected chi connectivity index (χ1v) is 15.7. The van der Waals surface area contributed by atoms with Gasteiger partial charge in [-0.15, -0.1) is 0 Å².